The number of hydrogen-bond acceptors (Lipinski definition) is 6. The van der Waals surface area contributed by atoms with Crippen LogP contribution in [0.4, 0.5) is 5.69 Å². The monoisotopic (exact) mass is 485 g/mol. The first kappa shape index (κ1) is 23.5. The number of amides is 1. The summed E-state index contributed by atoms with van der Waals surface area (Å²) in [6, 6.07) is 6.99. The van der Waals surface area contributed by atoms with Gasteiger partial charge >= 0.3 is 5.97 Å². The molecule has 0 radical (unpaired) electrons. The van der Waals surface area contributed by atoms with Gasteiger partial charge in [-0.1, -0.05) is 30.1 Å². The minimum absolute atomic E-state index is 0.0127. The van der Waals surface area contributed by atoms with E-state index in [0.717, 1.165) is 12.8 Å². The van der Waals surface area contributed by atoms with Crippen LogP contribution in [0.15, 0.2) is 41.4 Å². The fourth-order valence-electron chi connectivity index (χ4n) is 3.21. The number of carbonyl (C=O) groups is 2. The van der Waals surface area contributed by atoms with Gasteiger partial charge < -0.3 is 10.1 Å². The molecule has 0 spiro atoms. The molecule has 1 aromatic heterocycles. The highest BCUT2D eigenvalue weighted by Crippen LogP contribution is 2.29. The van der Waals surface area contributed by atoms with Crippen molar-refractivity contribution in [3.8, 4) is 0 Å². The molecule has 0 aliphatic carbocycles. The molecule has 166 valence electrons. The highest BCUT2D eigenvalue weighted by Gasteiger charge is 2.31. The number of anilines is 1. The van der Waals surface area contributed by atoms with Crippen LogP contribution >= 0.6 is 23.2 Å². The fraction of sp³-hybridized carbons (Fsp3) is 0.350. The van der Waals surface area contributed by atoms with Gasteiger partial charge in [0.1, 0.15) is 4.90 Å². The van der Waals surface area contributed by atoms with Crippen LogP contribution < -0.4 is 5.32 Å². The second-order valence-corrected chi connectivity index (χ2v) is 9.89. The Hall–Kier alpha value is -2.20. The van der Waals surface area contributed by atoms with E-state index in [1.807, 2.05) is 6.92 Å². The number of pyridine rings is 1. The van der Waals surface area contributed by atoms with Crippen molar-refractivity contribution in [2.75, 3.05) is 25.0 Å². The van der Waals surface area contributed by atoms with Gasteiger partial charge in [0.2, 0.25) is 10.0 Å². The van der Waals surface area contributed by atoms with Crippen molar-refractivity contribution in [2.24, 2.45) is 5.92 Å². The average Bonchev–Trinajstić information content (AvgIpc) is 2.74. The number of esters is 1. The Morgan fingerprint density at radius 2 is 2.06 bits per heavy atom. The van der Waals surface area contributed by atoms with Gasteiger partial charge in [0.15, 0.2) is 11.8 Å². The maximum Gasteiger partial charge on any atom is 0.338 e. The molecule has 1 aromatic carbocycles. The third-order valence-corrected chi connectivity index (χ3v) is 7.42. The quantitative estimate of drug-likeness (QED) is 0.494. The summed E-state index contributed by atoms with van der Waals surface area (Å²) >= 11 is 12.0. The normalized spacial score (nSPS) is 17.2. The van der Waals surface area contributed by atoms with Gasteiger partial charge in [-0.05, 0) is 49.1 Å². The molecule has 31 heavy (non-hydrogen) atoms. The first-order valence-electron chi connectivity index (χ1n) is 9.55. The molecule has 1 atom stereocenters. The Morgan fingerprint density at radius 3 is 2.77 bits per heavy atom. The Morgan fingerprint density at radius 1 is 1.29 bits per heavy atom. The van der Waals surface area contributed by atoms with Crippen LogP contribution in [-0.2, 0) is 19.6 Å². The first-order chi connectivity index (χ1) is 14.7. The van der Waals surface area contributed by atoms with Crippen molar-refractivity contribution in [1.82, 2.24) is 9.29 Å². The predicted molar refractivity (Wildman–Crippen MR) is 117 cm³/mol. The minimum Gasteiger partial charge on any atom is -0.452 e. The number of nitrogens with one attached hydrogen (secondary N) is 1. The summed E-state index contributed by atoms with van der Waals surface area (Å²) in [5.41, 5.74) is 0.251. The molecular weight excluding hydrogens is 465 g/mol. The number of halogens is 2. The van der Waals surface area contributed by atoms with E-state index in [1.165, 1.54) is 28.7 Å². The van der Waals surface area contributed by atoms with E-state index < -0.39 is 28.5 Å². The van der Waals surface area contributed by atoms with Crippen molar-refractivity contribution in [1.29, 1.82) is 0 Å². The van der Waals surface area contributed by atoms with E-state index >= 15 is 0 Å². The van der Waals surface area contributed by atoms with Crippen LogP contribution in [0.25, 0.3) is 0 Å². The number of sulfonamides is 1. The lowest BCUT2D eigenvalue weighted by Crippen LogP contribution is -2.39. The summed E-state index contributed by atoms with van der Waals surface area (Å²) in [4.78, 5) is 28.1. The smallest absolute Gasteiger partial charge is 0.338 e. The molecule has 11 heteroatoms. The molecule has 1 fully saturated rings. The molecule has 0 bridgehead atoms. The number of aromatic nitrogens is 1. The number of nitrogens with zero attached hydrogens (tertiary/aromatic N) is 2. The molecule has 2 heterocycles. The van der Waals surface area contributed by atoms with Crippen molar-refractivity contribution in [2.45, 2.75) is 24.7 Å². The molecule has 0 unspecified atom stereocenters. The lowest BCUT2D eigenvalue weighted by molar-refractivity contribution is -0.119. The summed E-state index contributed by atoms with van der Waals surface area (Å²) in [5.74, 6) is -1.23. The first-order valence-corrected chi connectivity index (χ1v) is 11.8. The van der Waals surface area contributed by atoms with Crippen molar-refractivity contribution in [3.05, 3.63) is 52.3 Å². The van der Waals surface area contributed by atoms with Gasteiger partial charge in [0.25, 0.3) is 5.91 Å². The Bertz CT molecular complexity index is 1090. The topological polar surface area (TPSA) is 106 Å². The number of ether oxygens (including phenoxy) is 1. The molecule has 1 amide bonds. The van der Waals surface area contributed by atoms with Gasteiger partial charge in [-0.2, -0.15) is 4.31 Å². The summed E-state index contributed by atoms with van der Waals surface area (Å²) in [7, 11) is -3.87. The highest BCUT2D eigenvalue weighted by molar-refractivity contribution is 7.89. The highest BCUT2D eigenvalue weighted by atomic mass is 35.5. The summed E-state index contributed by atoms with van der Waals surface area (Å²) < 4.78 is 32.5. The Balaban J connectivity index is 1.69. The SMILES string of the molecule is C[C@H]1CCCN(S(=O)(=O)c2cc(C(=O)OCC(=O)Nc3cccnc3Cl)ccc2Cl)C1. The van der Waals surface area contributed by atoms with Crippen LogP contribution in [0, 0.1) is 5.92 Å². The molecule has 0 saturated carbocycles. The zero-order chi connectivity index (χ0) is 22.6. The zero-order valence-corrected chi connectivity index (χ0v) is 19.0. The van der Waals surface area contributed by atoms with Gasteiger partial charge in [-0.15, -0.1) is 0 Å². The molecule has 3 rings (SSSR count). The van der Waals surface area contributed by atoms with Crippen LogP contribution in [0.3, 0.4) is 0 Å². The molecule has 2 aromatic rings. The maximum absolute atomic E-state index is 13.0. The standard InChI is InChI=1S/C20H21Cl2N3O5S/c1-13-4-3-9-25(11-13)31(28,29)17-10-14(6-7-15(17)21)20(27)30-12-18(26)24-16-5-2-8-23-19(16)22/h2,5-8,10,13H,3-4,9,11-12H2,1H3,(H,24,26)/t13-/m0/s1. The van der Waals surface area contributed by atoms with E-state index in [1.54, 1.807) is 12.1 Å². The lowest BCUT2D eigenvalue weighted by Gasteiger charge is -2.30. The third kappa shape index (κ3) is 5.74. The third-order valence-electron chi connectivity index (χ3n) is 4.77. The largest absolute Gasteiger partial charge is 0.452 e. The van der Waals surface area contributed by atoms with Gasteiger partial charge in [0.05, 0.1) is 16.3 Å². The number of carbonyl (C=O) groups excluding carboxylic acids is 2. The zero-order valence-electron chi connectivity index (χ0n) is 16.7. The minimum atomic E-state index is -3.87. The summed E-state index contributed by atoms with van der Waals surface area (Å²) in [6.45, 7) is 2.19. The fourth-order valence-corrected chi connectivity index (χ4v) is 5.48. The summed E-state index contributed by atoms with van der Waals surface area (Å²) in [6.07, 6.45) is 3.18. The van der Waals surface area contributed by atoms with E-state index in [0.29, 0.717) is 13.1 Å². The average molecular weight is 486 g/mol. The second kappa shape index (κ2) is 9.95. The van der Waals surface area contributed by atoms with Crippen LogP contribution in [0.5, 0.6) is 0 Å². The maximum atomic E-state index is 13.0. The second-order valence-electron chi connectivity index (χ2n) is 7.22. The number of benzene rings is 1. The van der Waals surface area contributed by atoms with Gasteiger partial charge in [-0.25, -0.2) is 18.2 Å². The van der Waals surface area contributed by atoms with E-state index in [4.69, 9.17) is 27.9 Å². The molecule has 8 nitrogen and oxygen atoms in total. The van der Waals surface area contributed by atoms with Crippen molar-refractivity contribution >= 4 is 50.8 Å². The van der Waals surface area contributed by atoms with Crippen LogP contribution in [0.2, 0.25) is 10.2 Å². The number of piperidine rings is 1. The molecule has 1 aliphatic heterocycles. The van der Waals surface area contributed by atoms with E-state index in [2.05, 4.69) is 10.3 Å². The van der Waals surface area contributed by atoms with Gasteiger partial charge in [-0.3, -0.25) is 4.79 Å². The van der Waals surface area contributed by atoms with Crippen LogP contribution in [-0.4, -0.2) is 49.3 Å². The Labute approximate surface area is 190 Å². The molecule has 1 aliphatic rings. The predicted octanol–water partition coefficient (Wildman–Crippen LogP) is 3.60. The van der Waals surface area contributed by atoms with E-state index in [-0.39, 0.29) is 32.2 Å². The molecular formula is C20H21Cl2N3O5S. The van der Waals surface area contributed by atoms with E-state index in [9.17, 15) is 18.0 Å². The number of hydrogen-bond donors (Lipinski definition) is 1. The molecule has 1 saturated heterocycles. The lowest BCUT2D eigenvalue weighted by atomic mass is 10.0. The van der Waals surface area contributed by atoms with Crippen molar-refractivity contribution in [3.63, 3.8) is 0 Å². The number of rotatable bonds is 6. The van der Waals surface area contributed by atoms with Gasteiger partial charge in [0, 0.05) is 19.3 Å². The van der Waals surface area contributed by atoms with Crippen LogP contribution in [0.1, 0.15) is 30.1 Å². The Kier molecular flexibility index (Phi) is 7.53. The summed E-state index contributed by atoms with van der Waals surface area (Å²) in [5, 5.41) is 2.59. The van der Waals surface area contributed by atoms with Crippen molar-refractivity contribution < 1.29 is 22.7 Å². The molecule has 1 N–H and O–H groups in total.